The predicted octanol–water partition coefficient (Wildman–Crippen LogP) is 5.46. The fraction of sp³-hybridized carbons (Fsp3) is 0.259. The molecule has 1 aliphatic rings. The van der Waals surface area contributed by atoms with Crippen LogP contribution in [-0.4, -0.2) is 29.8 Å². The molecule has 0 aliphatic carbocycles. The number of rotatable bonds is 5. The maximum absolute atomic E-state index is 13.2. The summed E-state index contributed by atoms with van der Waals surface area (Å²) in [7, 11) is 0. The molecule has 1 aliphatic heterocycles. The van der Waals surface area contributed by atoms with E-state index in [0.717, 1.165) is 5.56 Å². The zero-order valence-corrected chi connectivity index (χ0v) is 18.9. The van der Waals surface area contributed by atoms with E-state index in [1.54, 1.807) is 12.1 Å². The lowest BCUT2D eigenvalue weighted by molar-refractivity contribution is -0.134. The Kier molecular flexibility index (Phi) is 6.91. The predicted molar refractivity (Wildman–Crippen MR) is 129 cm³/mol. The molecule has 0 aromatic heterocycles. The summed E-state index contributed by atoms with van der Waals surface area (Å²) in [6, 6.07) is 25.2. The molecule has 2 atom stereocenters. The van der Waals surface area contributed by atoms with Crippen molar-refractivity contribution in [3.63, 3.8) is 0 Å². The number of benzene rings is 3. The fourth-order valence-corrected chi connectivity index (χ4v) is 4.54. The van der Waals surface area contributed by atoms with Crippen LogP contribution < -0.4 is 5.32 Å². The smallest absolute Gasteiger partial charge is 0.229 e. The van der Waals surface area contributed by atoms with E-state index >= 15 is 0 Å². The Morgan fingerprint density at radius 1 is 0.969 bits per heavy atom. The zero-order chi connectivity index (χ0) is 22.5. The second-order valence-electron chi connectivity index (χ2n) is 8.50. The SMILES string of the molecule is Cc1cccc(C2CC(C(=O)Nc3cccc(Cl)c3)CN(C(=O)Cc3ccccc3)C2)c1. The number of amides is 2. The molecule has 3 aromatic carbocycles. The third-order valence-corrected chi connectivity index (χ3v) is 6.21. The van der Waals surface area contributed by atoms with Gasteiger partial charge in [-0.2, -0.15) is 0 Å². The number of nitrogens with zero attached hydrogens (tertiary/aromatic N) is 1. The molecule has 2 amide bonds. The van der Waals surface area contributed by atoms with Crippen molar-refractivity contribution in [2.45, 2.75) is 25.7 Å². The molecule has 1 saturated heterocycles. The van der Waals surface area contributed by atoms with Crippen LogP contribution in [0, 0.1) is 12.8 Å². The van der Waals surface area contributed by atoms with Crippen molar-refractivity contribution in [1.29, 1.82) is 0 Å². The second-order valence-corrected chi connectivity index (χ2v) is 8.94. The Labute approximate surface area is 194 Å². The van der Waals surface area contributed by atoms with Crippen molar-refractivity contribution in [2.75, 3.05) is 18.4 Å². The van der Waals surface area contributed by atoms with Crippen LogP contribution in [0.3, 0.4) is 0 Å². The molecule has 4 rings (SSSR count). The Bertz CT molecular complexity index is 1100. The number of piperidine rings is 1. The van der Waals surface area contributed by atoms with E-state index in [1.165, 1.54) is 11.1 Å². The number of carbonyl (C=O) groups is 2. The van der Waals surface area contributed by atoms with Gasteiger partial charge in [-0.1, -0.05) is 77.8 Å². The van der Waals surface area contributed by atoms with Gasteiger partial charge in [0, 0.05) is 29.7 Å². The van der Waals surface area contributed by atoms with Crippen molar-refractivity contribution in [3.05, 3.63) is 101 Å². The molecule has 2 unspecified atom stereocenters. The molecule has 0 bridgehead atoms. The average Bonchev–Trinajstić information content (AvgIpc) is 2.79. The number of hydrogen-bond donors (Lipinski definition) is 1. The molecule has 1 fully saturated rings. The summed E-state index contributed by atoms with van der Waals surface area (Å²) >= 11 is 6.07. The second kappa shape index (κ2) is 10.0. The quantitative estimate of drug-likeness (QED) is 0.565. The van der Waals surface area contributed by atoms with Crippen molar-refractivity contribution in [3.8, 4) is 0 Å². The monoisotopic (exact) mass is 446 g/mol. The molecule has 0 saturated carbocycles. The van der Waals surface area contributed by atoms with Gasteiger partial charge in [0.1, 0.15) is 0 Å². The number of carbonyl (C=O) groups excluding carboxylic acids is 2. The van der Waals surface area contributed by atoms with E-state index in [1.807, 2.05) is 53.4 Å². The highest BCUT2D eigenvalue weighted by Gasteiger charge is 2.34. The van der Waals surface area contributed by atoms with Crippen molar-refractivity contribution >= 4 is 29.1 Å². The minimum absolute atomic E-state index is 0.0501. The fourth-order valence-electron chi connectivity index (χ4n) is 4.35. The molecule has 0 spiro atoms. The van der Waals surface area contributed by atoms with Crippen LogP contribution in [0.15, 0.2) is 78.9 Å². The number of anilines is 1. The summed E-state index contributed by atoms with van der Waals surface area (Å²) in [5.41, 5.74) is 4.00. The van der Waals surface area contributed by atoms with Gasteiger partial charge in [0.25, 0.3) is 0 Å². The van der Waals surface area contributed by atoms with Gasteiger partial charge in [-0.15, -0.1) is 0 Å². The summed E-state index contributed by atoms with van der Waals surface area (Å²) in [6.07, 6.45) is 1.04. The van der Waals surface area contributed by atoms with Gasteiger partial charge >= 0.3 is 0 Å². The normalized spacial score (nSPS) is 18.2. The molecule has 3 aromatic rings. The van der Waals surface area contributed by atoms with Gasteiger partial charge in [-0.3, -0.25) is 9.59 Å². The molecule has 164 valence electrons. The minimum atomic E-state index is -0.298. The number of halogens is 1. The Balaban J connectivity index is 1.54. The largest absolute Gasteiger partial charge is 0.341 e. The summed E-state index contributed by atoms with van der Waals surface area (Å²) in [5, 5.41) is 3.56. The molecular weight excluding hydrogens is 420 g/mol. The first-order chi connectivity index (χ1) is 15.5. The lowest BCUT2D eigenvalue weighted by Crippen LogP contribution is -2.47. The van der Waals surface area contributed by atoms with Crippen molar-refractivity contribution in [2.24, 2.45) is 5.92 Å². The zero-order valence-electron chi connectivity index (χ0n) is 18.1. The highest BCUT2D eigenvalue weighted by Crippen LogP contribution is 2.32. The molecule has 5 heteroatoms. The number of likely N-dealkylation sites (tertiary alicyclic amines) is 1. The first-order valence-corrected chi connectivity index (χ1v) is 11.3. The van der Waals surface area contributed by atoms with Crippen LogP contribution in [-0.2, 0) is 16.0 Å². The molecule has 1 N–H and O–H groups in total. The number of hydrogen-bond acceptors (Lipinski definition) is 2. The van der Waals surface area contributed by atoms with Crippen LogP contribution in [0.2, 0.25) is 5.02 Å². The van der Waals surface area contributed by atoms with Crippen LogP contribution in [0.1, 0.15) is 29.0 Å². The highest BCUT2D eigenvalue weighted by atomic mass is 35.5. The lowest BCUT2D eigenvalue weighted by atomic mass is 9.83. The van der Waals surface area contributed by atoms with E-state index < -0.39 is 0 Å². The number of aryl methyl sites for hydroxylation is 1. The van der Waals surface area contributed by atoms with Gasteiger partial charge in [-0.05, 0) is 42.7 Å². The van der Waals surface area contributed by atoms with E-state index in [-0.39, 0.29) is 23.7 Å². The van der Waals surface area contributed by atoms with Crippen LogP contribution in [0.25, 0.3) is 0 Å². The lowest BCUT2D eigenvalue weighted by Gasteiger charge is -2.37. The molecule has 0 radical (unpaired) electrons. The summed E-state index contributed by atoms with van der Waals surface area (Å²) in [6.45, 7) is 3.10. The topological polar surface area (TPSA) is 49.4 Å². The maximum Gasteiger partial charge on any atom is 0.229 e. The molecule has 1 heterocycles. The third-order valence-electron chi connectivity index (χ3n) is 5.98. The average molecular weight is 447 g/mol. The first-order valence-electron chi connectivity index (χ1n) is 10.9. The van der Waals surface area contributed by atoms with Crippen molar-refractivity contribution < 1.29 is 9.59 Å². The van der Waals surface area contributed by atoms with Crippen LogP contribution in [0.5, 0.6) is 0 Å². The molecule has 4 nitrogen and oxygen atoms in total. The van der Waals surface area contributed by atoms with Crippen molar-refractivity contribution in [1.82, 2.24) is 4.90 Å². The Morgan fingerprint density at radius 2 is 1.75 bits per heavy atom. The van der Waals surface area contributed by atoms with Gasteiger partial charge in [0.15, 0.2) is 0 Å². The summed E-state index contributed by atoms with van der Waals surface area (Å²) in [4.78, 5) is 28.2. The van der Waals surface area contributed by atoms with E-state index in [0.29, 0.717) is 36.6 Å². The standard InChI is InChI=1S/C27H27ClN2O2/c1-19-7-5-10-21(13-19)22-15-23(27(32)29-25-12-6-11-24(28)16-25)18-30(17-22)26(31)14-20-8-3-2-4-9-20/h2-13,16,22-23H,14-15,17-18H2,1H3,(H,29,32). The number of nitrogens with one attached hydrogen (secondary N) is 1. The first kappa shape index (κ1) is 22.1. The summed E-state index contributed by atoms with van der Waals surface area (Å²) < 4.78 is 0. The molecule has 32 heavy (non-hydrogen) atoms. The van der Waals surface area contributed by atoms with E-state index in [9.17, 15) is 9.59 Å². The Hall–Kier alpha value is -3.11. The van der Waals surface area contributed by atoms with Crippen LogP contribution >= 0.6 is 11.6 Å². The summed E-state index contributed by atoms with van der Waals surface area (Å²) in [5.74, 6) is -0.220. The Morgan fingerprint density at radius 3 is 2.50 bits per heavy atom. The third kappa shape index (κ3) is 5.57. The van der Waals surface area contributed by atoms with E-state index in [2.05, 4.69) is 30.4 Å². The van der Waals surface area contributed by atoms with Gasteiger partial charge in [0.2, 0.25) is 11.8 Å². The van der Waals surface area contributed by atoms with Gasteiger partial charge < -0.3 is 10.2 Å². The molecular formula is C27H27ClN2O2. The van der Waals surface area contributed by atoms with E-state index in [4.69, 9.17) is 11.6 Å². The van der Waals surface area contributed by atoms with Gasteiger partial charge in [0.05, 0.1) is 12.3 Å². The van der Waals surface area contributed by atoms with Gasteiger partial charge in [-0.25, -0.2) is 0 Å². The van der Waals surface area contributed by atoms with Crippen LogP contribution in [0.4, 0.5) is 5.69 Å². The maximum atomic E-state index is 13.2. The highest BCUT2D eigenvalue weighted by molar-refractivity contribution is 6.30. The minimum Gasteiger partial charge on any atom is -0.341 e.